The average Bonchev–Trinajstić information content (AvgIpc) is 0.740. The molecule has 2 heterocycles. The molecule has 0 aliphatic carbocycles. The van der Waals surface area contributed by atoms with Gasteiger partial charge in [0, 0.05) is 45.3 Å². The molecule has 87 heavy (non-hydrogen) atoms. The van der Waals surface area contributed by atoms with E-state index in [4.69, 9.17) is 0 Å². The molecule has 2 nitrogen and oxygen atoms in total. The third-order valence-corrected chi connectivity index (χ3v) is 17.5. The number of fused-ring (bicyclic) bond motifs is 4. The Morgan fingerprint density at radius 3 is 0.655 bits per heavy atom. The maximum absolute atomic E-state index is 2.64. The highest BCUT2D eigenvalue weighted by molar-refractivity contribution is 7.00. The molecule has 2 aliphatic rings. The molecule has 0 unspecified atom stereocenters. The predicted molar refractivity (Wildman–Crippen MR) is 369 cm³/mol. The van der Waals surface area contributed by atoms with E-state index in [1.54, 1.807) is 0 Å². The molecule has 2 aliphatic heterocycles. The highest BCUT2D eigenvalue weighted by Gasteiger charge is 2.46. The fraction of sp³-hybridized carbons (Fsp3) is 0. The van der Waals surface area contributed by atoms with E-state index in [2.05, 4.69) is 356 Å². The summed E-state index contributed by atoms with van der Waals surface area (Å²) in [5.74, 6) is 0. The molecule has 14 aromatic carbocycles. The van der Waals surface area contributed by atoms with Crippen molar-refractivity contribution in [2.24, 2.45) is 0 Å². The van der Waals surface area contributed by atoms with Crippen molar-refractivity contribution in [2.45, 2.75) is 0 Å². The predicted octanol–water partition coefficient (Wildman–Crippen LogP) is 20.8. The van der Waals surface area contributed by atoms with Crippen molar-refractivity contribution in [3.05, 3.63) is 346 Å². The summed E-state index contributed by atoms with van der Waals surface area (Å²) in [5, 5.41) is 0. The van der Waals surface area contributed by atoms with E-state index in [1.807, 2.05) is 0 Å². The second-order valence-corrected chi connectivity index (χ2v) is 22.8. The van der Waals surface area contributed by atoms with Gasteiger partial charge in [0.05, 0.1) is 0 Å². The van der Waals surface area contributed by atoms with Gasteiger partial charge in [-0.2, -0.15) is 0 Å². The quantitative estimate of drug-likeness (QED) is 0.119. The van der Waals surface area contributed by atoms with Crippen LogP contribution < -0.4 is 26.2 Å². The molecule has 3 heteroatoms. The normalized spacial score (nSPS) is 12.1. The van der Waals surface area contributed by atoms with E-state index in [-0.39, 0.29) is 6.71 Å². The first-order valence-electron chi connectivity index (χ1n) is 30.1. The molecule has 0 saturated heterocycles. The second kappa shape index (κ2) is 22.1. The van der Waals surface area contributed by atoms with Gasteiger partial charge in [0.2, 0.25) is 0 Å². The second-order valence-electron chi connectivity index (χ2n) is 22.8. The van der Waals surface area contributed by atoms with Crippen LogP contribution in [0, 0.1) is 0 Å². The molecule has 0 bridgehead atoms. The van der Waals surface area contributed by atoms with E-state index in [0.29, 0.717) is 0 Å². The molecule has 0 radical (unpaired) electrons. The monoisotopic (exact) mass is 1100 g/mol. The van der Waals surface area contributed by atoms with Gasteiger partial charge in [-0.05, 0) is 166 Å². The van der Waals surface area contributed by atoms with E-state index in [1.165, 1.54) is 27.5 Å². The van der Waals surface area contributed by atoms with Crippen LogP contribution in [0.5, 0.6) is 0 Å². The number of hydrogen-bond donors (Lipinski definition) is 0. The fourth-order valence-electron chi connectivity index (χ4n) is 13.5. The van der Waals surface area contributed by atoms with Crippen LogP contribution >= 0.6 is 0 Å². The van der Waals surface area contributed by atoms with Crippen LogP contribution in [0.3, 0.4) is 0 Å². The number of anilines is 6. The zero-order valence-corrected chi connectivity index (χ0v) is 47.9. The maximum atomic E-state index is 2.64. The Hall–Kier alpha value is -11.3. The summed E-state index contributed by atoms with van der Waals surface area (Å²) >= 11 is 0. The lowest BCUT2D eigenvalue weighted by Crippen LogP contribution is -2.61. The average molecular weight is 1110 g/mol. The Morgan fingerprint density at radius 2 is 0.402 bits per heavy atom. The Balaban J connectivity index is 1.11. The van der Waals surface area contributed by atoms with Crippen LogP contribution in [0.25, 0.3) is 100 Å². The van der Waals surface area contributed by atoms with E-state index in [9.17, 15) is 0 Å². The van der Waals surface area contributed by atoms with E-state index >= 15 is 0 Å². The first kappa shape index (κ1) is 51.4. The zero-order valence-electron chi connectivity index (χ0n) is 47.9. The standard InChI is InChI=1S/C84H57BN2/c1-10-28-58(29-11-1)67-46-68(59-30-12-2-13-31-59)49-74(48-67)86-80-56-73(64-40-22-7-23-41-64)57-81-82(80)85(78-54-71(62-36-18-5-19-37-62)52-76(83(78)86)65-42-24-8-25-43-65)79-55-72(63-38-20-6-21-39-63)53-77(66-44-26-9-27-45-66)84(79)87(81)75-50-69(60-32-14-3-15-33-60)47-70(51-75)61-34-16-4-17-35-61/h1-57H. The molecule has 0 N–H and O–H groups in total. The summed E-state index contributed by atoms with van der Waals surface area (Å²) in [7, 11) is 0. The lowest BCUT2D eigenvalue weighted by molar-refractivity contribution is 1.25. The molecule has 0 spiro atoms. The smallest absolute Gasteiger partial charge is 0.252 e. The van der Waals surface area contributed by atoms with Gasteiger partial charge >= 0.3 is 0 Å². The lowest BCUT2D eigenvalue weighted by atomic mass is 9.32. The van der Waals surface area contributed by atoms with Crippen LogP contribution in [-0.4, -0.2) is 6.71 Å². The summed E-state index contributed by atoms with van der Waals surface area (Å²) in [6.45, 7) is -0.258. The van der Waals surface area contributed by atoms with E-state index < -0.39 is 0 Å². The Labute approximate surface area is 510 Å². The zero-order chi connectivity index (χ0) is 57.6. The van der Waals surface area contributed by atoms with Crippen LogP contribution in [0.15, 0.2) is 346 Å². The maximum Gasteiger partial charge on any atom is 0.252 e. The Morgan fingerprint density at radius 1 is 0.184 bits per heavy atom. The minimum Gasteiger partial charge on any atom is -0.311 e. The Bertz CT molecular complexity index is 4410. The van der Waals surface area contributed by atoms with Crippen LogP contribution in [-0.2, 0) is 0 Å². The third kappa shape index (κ3) is 9.44. The minimum atomic E-state index is -0.258. The van der Waals surface area contributed by atoms with E-state index in [0.717, 1.165) is 123 Å². The topological polar surface area (TPSA) is 6.48 Å². The number of rotatable bonds is 11. The van der Waals surface area contributed by atoms with Gasteiger partial charge in [-0.25, -0.2) is 0 Å². The van der Waals surface area contributed by atoms with Gasteiger partial charge in [0.1, 0.15) is 0 Å². The molecule has 0 saturated carbocycles. The fourth-order valence-corrected chi connectivity index (χ4v) is 13.5. The molecular weight excluding hydrogens is 1050 g/mol. The van der Waals surface area contributed by atoms with Gasteiger partial charge in [0.25, 0.3) is 6.71 Å². The van der Waals surface area contributed by atoms with Crippen molar-refractivity contribution >= 4 is 57.2 Å². The van der Waals surface area contributed by atoms with Crippen molar-refractivity contribution in [3.63, 3.8) is 0 Å². The Kier molecular flexibility index (Phi) is 13.0. The number of hydrogen-bond acceptors (Lipinski definition) is 2. The molecule has 406 valence electrons. The molecule has 0 amide bonds. The minimum absolute atomic E-state index is 0.258. The molecule has 16 rings (SSSR count). The number of nitrogens with zero attached hydrogens (tertiary/aromatic N) is 2. The van der Waals surface area contributed by atoms with Crippen molar-refractivity contribution in [3.8, 4) is 100 Å². The first-order chi connectivity index (χ1) is 43.1. The number of benzene rings is 14. The third-order valence-electron chi connectivity index (χ3n) is 17.5. The van der Waals surface area contributed by atoms with Gasteiger partial charge in [-0.15, -0.1) is 0 Å². The summed E-state index contributed by atoms with van der Waals surface area (Å²) < 4.78 is 0. The summed E-state index contributed by atoms with van der Waals surface area (Å²) in [4.78, 5) is 5.29. The van der Waals surface area contributed by atoms with Crippen LogP contribution in [0.4, 0.5) is 34.1 Å². The van der Waals surface area contributed by atoms with Gasteiger partial charge in [-0.1, -0.05) is 285 Å². The first-order valence-corrected chi connectivity index (χ1v) is 30.1. The van der Waals surface area contributed by atoms with Gasteiger partial charge < -0.3 is 9.80 Å². The highest BCUT2D eigenvalue weighted by atomic mass is 15.2. The summed E-state index contributed by atoms with van der Waals surface area (Å²) in [6, 6.07) is 128. The molecular formula is C84H57BN2. The van der Waals surface area contributed by atoms with Gasteiger partial charge in [-0.3, -0.25) is 0 Å². The van der Waals surface area contributed by atoms with Crippen molar-refractivity contribution in [1.82, 2.24) is 0 Å². The van der Waals surface area contributed by atoms with Crippen molar-refractivity contribution < 1.29 is 0 Å². The van der Waals surface area contributed by atoms with Crippen molar-refractivity contribution in [2.75, 3.05) is 9.80 Å². The van der Waals surface area contributed by atoms with Crippen molar-refractivity contribution in [1.29, 1.82) is 0 Å². The molecule has 0 atom stereocenters. The largest absolute Gasteiger partial charge is 0.311 e. The SMILES string of the molecule is c1ccc(-c2cc(-c3ccccc3)cc(N3c4cc(-c5ccccc5)cc5c4B(c4cc(-c6ccccc6)cc(-c6ccccc6)c43)c3cc(-c4ccccc4)cc(-c4ccccc4)c3N5c3cc(-c4ccccc4)cc(-c4ccccc4)c3)c2)cc1. The van der Waals surface area contributed by atoms with Crippen LogP contribution in [0.2, 0.25) is 0 Å². The highest BCUT2D eigenvalue weighted by Crippen LogP contribution is 2.53. The molecule has 14 aromatic rings. The van der Waals surface area contributed by atoms with Crippen LogP contribution in [0.1, 0.15) is 0 Å². The molecule has 0 fully saturated rings. The molecule has 0 aromatic heterocycles. The lowest BCUT2D eigenvalue weighted by Gasteiger charge is -2.46. The summed E-state index contributed by atoms with van der Waals surface area (Å²) in [5.41, 5.74) is 31.1. The van der Waals surface area contributed by atoms with Gasteiger partial charge in [0.15, 0.2) is 0 Å². The summed E-state index contributed by atoms with van der Waals surface area (Å²) in [6.07, 6.45) is 0.